The summed E-state index contributed by atoms with van der Waals surface area (Å²) in [4.78, 5) is 25.2. The topological polar surface area (TPSA) is 49.4 Å². The maximum absolute atomic E-state index is 12.4. The Hall–Kier alpha value is -1.69. The Balaban J connectivity index is 1.92. The maximum Gasteiger partial charge on any atom is 0.238 e. The highest BCUT2D eigenvalue weighted by Gasteiger charge is 2.35. The van der Waals surface area contributed by atoms with Gasteiger partial charge in [0.1, 0.15) is 5.37 Å². The third kappa shape index (κ3) is 3.53. The number of anilines is 2. The van der Waals surface area contributed by atoms with Crippen molar-refractivity contribution in [2.45, 2.75) is 12.3 Å². The van der Waals surface area contributed by atoms with Crippen LogP contribution >= 0.6 is 35.0 Å². The van der Waals surface area contributed by atoms with Gasteiger partial charge in [0.2, 0.25) is 11.8 Å². The average molecular weight is 381 g/mol. The zero-order valence-electron chi connectivity index (χ0n) is 12.8. The van der Waals surface area contributed by atoms with E-state index in [-0.39, 0.29) is 17.2 Å². The quantitative estimate of drug-likeness (QED) is 0.836. The molecule has 1 aliphatic rings. The standard InChI is InChI=1S/C17H14Cl2N2O2S/c1-10(22)20-12-3-5-13(6-4-12)21-16(23)9-24-17(21)14-7-2-11(18)8-15(14)19/h2-8,17H,9H2,1H3,(H,20,22). The highest BCUT2D eigenvalue weighted by Crippen LogP contribution is 2.44. The van der Waals surface area contributed by atoms with Gasteiger partial charge in [-0.05, 0) is 36.4 Å². The van der Waals surface area contributed by atoms with Crippen molar-refractivity contribution in [3.63, 3.8) is 0 Å². The molecular weight excluding hydrogens is 367 g/mol. The van der Waals surface area contributed by atoms with Gasteiger partial charge in [0.15, 0.2) is 0 Å². The zero-order valence-corrected chi connectivity index (χ0v) is 15.1. The van der Waals surface area contributed by atoms with E-state index in [1.54, 1.807) is 29.2 Å². The normalized spacial score (nSPS) is 17.2. The molecule has 0 bridgehead atoms. The fraction of sp³-hybridized carbons (Fsp3) is 0.176. The molecule has 2 aromatic rings. The minimum atomic E-state index is -0.200. The fourth-order valence-electron chi connectivity index (χ4n) is 2.54. The van der Waals surface area contributed by atoms with Crippen molar-refractivity contribution in [1.29, 1.82) is 0 Å². The summed E-state index contributed by atoms with van der Waals surface area (Å²) in [7, 11) is 0. The third-order valence-corrected chi connectivity index (χ3v) is 5.32. The van der Waals surface area contributed by atoms with E-state index < -0.39 is 0 Å². The van der Waals surface area contributed by atoms with Crippen LogP contribution in [-0.2, 0) is 9.59 Å². The molecule has 0 aromatic heterocycles. The number of carbonyl (C=O) groups excluding carboxylic acids is 2. The first-order valence-electron chi connectivity index (χ1n) is 7.22. The van der Waals surface area contributed by atoms with Gasteiger partial charge in [0.05, 0.1) is 5.75 Å². The average Bonchev–Trinajstić information content (AvgIpc) is 2.89. The Morgan fingerprint density at radius 3 is 2.54 bits per heavy atom. The number of halogens is 2. The molecule has 2 aromatic carbocycles. The Morgan fingerprint density at radius 1 is 1.21 bits per heavy atom. The van der Waals surface area contributed by atoms with E-state index in [0.29, 0.717) is 21.5 Å². The van der Waals surface area contributed by atoms with Crippen LogP contribution in [0.1, 0.15) is 17.9 Å². The van der Waals surface area contributed by atoms with E-state index in [9.17, 15) is 9.59 Å². The molecule has 1 N–H and O–H groups in total. The van der Waals surface area contributed by atoms with Gasteiger partial charge in [-0.3, -0.25) is 14.5 Å². The lowest BCUT2D eigenvalue weighted by Gasteiger charge is -2.25. The number of hydrogen-bond acceptors (Lipinski definition) is 3. The van der Waals surface area contributed by atoms with Crippen molar-refractivity contribution in [2.24, 2.45) is 0 Å². The van der Waals surface area contributed by atoms with Crippen molar-refractivity contribution >= 4 is 58.2 Å². The van der Waals surface area contributed by atoms with Crippen LogP contribution in [0.25, 0.3) is 0 Å². The Kier molecular flexibility index (Phi) is 5.04. The number of carbonyl (C=O) groups is 2. The minimum Gasteiger partial charge on any atom is -0.326 e. The molecule has 1 saturated heterocycles. The molecular formula is C17H14Cl2N2O2S. The highest BCUT2D eigenvalue weighted by atomic mass is 35.5. The lowest BCUT2D eigenvalue weighted by Crippen LogP contribution is -2.27. The Morgan fingerprint density at radius 2 is 1.92 bits per heavy atom. The molecule has 124 valence electrons. The van der Waals surface area contributed by atoms with Crippen molar-refractivity contribution in [1.82, 2.24) is 0 Å². The van der Waals surface area contributed by atoms with Gasteiger partial charge in [-0.15, -0.1) is 11.8 Å². The maximum atomic E-state index is 12.4. The van der Waals surface area contributed by atoms with Gasteiger partial charge in [0.25, 0.3) is 0 Å². The molecule has 4 nitrogen and oxygen atoms in total. The van der Waals surface area contributed by atoms with Gasteiger partial charge >= 0.3 is 0 Å². The fourth-order valence-corrected chi connectivity index (χ4v) is 4.33. The van der Waals surface area contributed by atoms with Crippen LogP contribution in [-0.4, -0.2) is 17.6 Å². The lowest BCUT2D eigenvalue weighted by molar-refractivity contribution is -0.116. The van der Waals surface area contributed by atoms with E-state index >= 15 is 0 Å². The molecule has 7 heteroatoms. The summed E-state index contributed by atoms with van der Waals surface area (Å²) in [6.45, 7) is 1.45. The molecule has 1 atom stereocenters. The van der Waals surface area contributed by atoms with Crippen LogP contribution in [0.5, 0.6) is 0 Å². The number of hydrogen-bond donors (Lipinski definition) is 1. The minimum absolute atomic E-state index is 0.0169. The number of rotatable bonds is 3. The van der Waals surface area contributed by atoms with E-state index in [1.165, 1.54) is 18.7 Å². The van der Waals surface area contributed by atoms with E-state index in [1.807, 2.05) is 18.2 Å². The number of nitrogens with zero attached hydrogens (tertiary/aromatic N) is 1. The highest BCUT2D eigenvalue weighted by molar-refractivity contribution is 8.00. The molecule has 1 fully saturated rings. The molecule has 3 rings (SSSR count). The van der Waals surface area contributed by atoms with Crippen LogP contribution < -0.4 is 10.2 Å². The summed E-state index contributed by atoms with van der Waals surface area (Å²) in [6, 6.07) is 12.5. The van der Waals surface area contributed by atoms with Crippen molar-refractivity contribution in [3.05, 3.63) is 58.1 Å². The summed E-state index contributed by atoms with van der Waals surface area (Å²) in [6.07, 6.45) is 0. The predicted molar refractivity (Wildman–Crippen MR) is 99.9 cm³/mol. The first-order valence-corrected chi connectivity index (χ1v) is 9.02. The number of benzene rings is 2. The Bertz CT molecular complexity index is 796. The van der Waals surface area contributed by atoms with Gasteiger partial charge in [0, 0.05) is 33.9 Å². The molecule has 24 heavy (non-hydrogen) atoms. The van der Waals surface area contributed by atoms with Gasteiger partial charge in [-0.1, -0.05) is 29.3 Å². The second kappa shape index (κ2) is 7.05. The monoisotopic (exact) mass is 380 g/mol. The SMILES string of the molecule is CC(=O)Nc1ccc(N2C(=O)CSC2c2ccc(Cl)cc2Cl)cc1. The van der Waals surface area contributed by atoms with Crippen LogP contribution in [0.2, 0.25) is 10.0 Å². The predicted octanol–water partition coefficient (Wildman–Crippen LogP) is 4.73. The molecule has 0 spiro atoms. The summed E-state index contributed by atoms with van der Waals surface area (Å²) < 4.78 is 0. The molecule has 1 aliphatic heterocycles. The number of thioether (sulfide) groups is 1. The molecule has 1 heterocycles. The van der Waals surface area contributed by atoms with Crippen LogP contribution in [0, 0.1) is 0 Å². The number of amides is 2. The summed E-state index contributed by atoms with van der Waals surface area (Å²) in [5, 5.41) is 3.60. The summed E-state index contributed by atoms with van der Waals surface area (Å²) in [5.74, 6) is 0.265. The largest absolute Gasteiger partial charge is 0.326 e. The lowest BCUT2D eigenvalue weighted by atomic mass is 10.1. The van der Waals surface area contributed by atoms with Crippen molar-refractivity contribution in [3.8, 4) is 0 Å². The third-order valence-electron chi connectivity index (χ3n) is 3.56. The Labute approximate surface area is 154 Å². The molecule has 0 saturated carbocycles. The van der Waals surface area contributed by atoms with E-state index in [2.05, 4.69) is 5.32 Å². The van der Waals surface area contributed by atoms with Crippen LogP contribution in [0.3, 0.4) is 0 Å². The van der Waals surface area contributed by atoms with Crippen LogP contribution in [0.15, 0.2) is 42.5 Å². The molecule has 2 amide bonds. The molecule has 0 aliphatic carbocycles. The van der Waals surface area contributed by atoms with Gasteiger partial charge in [-0.25, -0.2) is 0 Å². The first kappa shape index (κ1) is 17.1. The van der Waals surface area contributed by atoms with Crippen molar-refractivity contribution in [2.75, 3.05) is 16.0 Å². The smallest absolute Gasteiger partial charge is 0.238 e. The van der Waals surface area contributed by atoms with E-state index in [0.717, 1.165) is 11.3 Å². The second-order valence-corrected chi connectivity index (χ2v) is 7.23. The van der Waals surface area contributed by atoms with E-state index in [4.69, 9.17) is 23.2 Å². The zero-order chi connectivity index (χ0) is 17.3. The summed E-state index contributed by atoms with van der Waals surface area (Å²) in [5.41, 5.74) is 2.30. The first-order chi connectivity index (χ1) is 11.5. The summed E-state index contributed by atoms with van der Waals surface area (Å²) >= 11 is 13.8. The molecule has 0 radical (unpaired) electrons. The second-order valence-electron chi connectivity index (χ2n) is 5.32. The molecule has 1 unspecified atom stereocenters. The van der Waals surface area contributed by atoms with Crippen LogP contribution in [0.4, 0.5) is 11.4 Å². The number of nitrogens with one attached hydrogen (secondary N) is 1. The van der Waals surface area contributed by atoms with Gasteiger partial charge in [-0.2, -0.15) is 0 Å². The van der Waals surface area contributed by atoms with Crippen molar-refractivity contribution < 1.29 is 9.59 Å². The van der Waals surface area contributed by atoms with Gasteiger partial charge < -0.3 is 5.32 Å².